The van der Waals surface area contributed by atoms with Gasteiger partial charge in [0.15, 0.2) is 16.3 Å². The highest BCUT2D eigenvalue weighted by atomic mass is 127. The molecule has 6 heteroatoms. The molecule has 0 atom stereocenters. The Labute approximate surface area is 146 Å². The summed E-state index contributed by atoms with van der Waals surface area (Å²) in [7, 11) is 0. The van der Waals surface area contributed by atoms with Gasteiger partial charge in [0.1, 0.15) is 5.82 Å². The maximum absolute atomic E-state index is 5.62. The largest absolute Gasteiger partial charge is 0.446 e. The molecule has 0 radical (unpaired) electrons. The minimum Gasteiger partial charge on any atom is -0.446 e. The number of nitrogens with zero attached hydrogens (tertiary/aromatic N) is 2. The molecule has 21 heavy (non-hydrogen) atoms. The van der Waals surface area contributed by atoms with E-state index in [2.05, 4.69) is 55.7 Å². The lowest BCUT2D eigenvalue weighted by atomic mass is 10.0. The average molecular weight is 462 g/mol. The Balaban J connectivity index is 2.07. The molecule has 1 saturated carbocycles. The van der Waals surface area contributed by atoms with E-state index in [1.807, 2.05) is 12.1 Å². The summed E-state index contributed by atoms with van der Waals surface area (Å²) in [6.45, 7) is 2.93. The summed E-state index contributed by atoms with van der Waals surface area (Å²) in [6, 6.07) is 3.78. The van der Waals surface area contributed by atoms with E-state index in [0.717, 1.165) is 15.9 Å². The number of aromatic nitrogens is 2. The highest BCUT2D eigenvalue weighted by Gasteiger charge is 2.24. The molecule has 0 spiro atoms. The van der Waals surface area contributed by atoms with Gasteiger partial charge in [0, 0.05) is 12.5 Å². The molecule has 0 amide bonds. The number of halogens is 2. The number of nitrogens with one attached hydrogen (secondary N) is 1. The second-order valence-corrected chi connectivity index (χ2v) is 7.07. The standard InChI is InChI=1S/C15H17BrIN3O/c1-2-18-15-12(17)13(9-5-3-4-6-9)19-14(20-15)10-7-8-11(16)21-10/h7-9H,2-6H2,1H3,(H,18,19,20). The molecule has 112 valence electrons. The molecule has 4 nitrogen and oxygen atoms in total. The molecule has 2 heterocycles. The van der Waals surface area contributed by atoms with Crippen molar-refractivity contribution >= 4 is 44.3 Å². The molecule has 1 N–H and O–H groups in total. The highest BCUT2D eigenvalue weighted by Crippen LogP contribution is 2.38. The Morgan fingerprint density at radius 1 is 1.33 bits per heavy atom. The van der Waals surface area contributed by atoms with E-state index in [-0.39, 0.29) is 0 Å². The van der Waals surface area contributed by atoms with Crippen LogP contribution in [0, 0.1) is 3.57 Å². The molecule has 3 rings (SSSR count). The van der Waals surface area contributed by atoms with E-state index in [1.165, 1.54) is 31.4 Å². The summed E-state index contributed by atoms with van der Waals surface area (Å²) in [5.74, 6) is 2.84. The molecule has 0 bridgehead atoms. The van der Waals surface area contributed by atoms with Crippen LogP contribution in [0.25, 0.3) is 11.6 Å². The van der Waals surface area contributed by atoms with E-state index < -0.39 is 0 Å². The van der Waals surface area contributed by atoms with E-state index in [9.17, 15) is 0 Å². The number of hydrogen-bond donors (Lipinski definition) is 1. The monoisotopic (exact) mass is 461 g/mol. The van der Waals surface area contributed by atoms with Crippen LogP contribution in [-0.4, -0.2) is 16.5 Å². The van der Waals surface area contributed by atoms with Crippen LogP contribution >= 0.6 is 38.5 Å². The van der Waals surface area contributed by atoms with Crippen molar-refractivity contribution in [2.45, 2.75) is 38.5 Å². The van der Waals surface area contributed by atoms with Gasteiger partial charge < -0.3 is 9.73 Å². The maximum atomic E-state index is 5.62. The normalized spacial score (nSPS) is 15.6. The van der Waals surface area contributed by atoms with Gasteiger partial charge >= 0.3 is 0 Å². The summed E-state index contributed by atoms with van der Waals surface area (Å²) in [6.07, 6.45) is 5.03. The Morgan fingerprint density at radius 2 is 2.10 bits per heavy atom. The third-order valence-electron chi connectivity index (χ3n) is 3.76. The van der Waals surface area contributed by atoms with Crippen molar-refractivity contribution in [3.63, 3.8) is 0 Å². The zero-order chi connectivity index (χ0) is 14.8. The minimum absolute atomic E-state index is 0.550. The van der Waals surface area contributed by atoms with Gasteiger partial charge in [0.2, 0.25) is 0 Å². The van der Waals surface area contributed by atoms with Crippen LogP contribution in [0.4, 0.5) is 5.82 Å². The summed E-state index contributed by atoms with van der Waals surface area (Å²) in [5.41, 5.74) is 1.17. The molecule has 2 aromatic rings. The van der Waals surface area contributed by atoms with Crippen LogP contribution in [0.1, 0.15) is 44.2 Å². The number of rotatable bonds is 4. The zero-order valence-electron chi connectivity index (χ0n) is 11.8. The third-order valence-corrected chi connectivity index (χ3v) is 5.25. The average Bonchev–Trinajstić information content (AvgIpc) is 3.12. The number of furan rings is 1. The smallest absolute Gasteiger partial charge is 0.197 e. The van der Waals surface area contributed by atoms with Crippen LogP contribution in [0.15, 0.2) is 21.2 Å². The molecule has 0 unspecified atom stereocenters. The lowest BCUT2D eigenvalue weighted by molar-refractivity contribution is 0.550. The summed E-state index contributed by atoms with van der Waals surface area (Å²) in [4.78, 5) is 9.44. The van der Waals surface area contributed by atoms with Crippen LogP contribution in [0.5, 0.6) is 0 Å². The Hall–Kier alpha value is -0.630. The predicted octanol–water partition coefficient (Wildman–Crippen LogP) is 5.19. The van der Waals surface area contributed by atoms with Crippen LogP contribution < -0.4 is 5.32 Å². The van der Waals surface area contributed by atoms with Crippen LogP contribution in [-0.2, 0) is 0 Å². The molecule has 1 fully saturated rings. The SMILES string of the molecule is CCNc1nc(-c2ccc(Br)o2)nc(C2CCCC2)c1I. The lowest BCUT2D eigenvalue weighted by Gasteiger charge is -2.15. The van der Waals surface area contributed by atoms with E-state index in [1.54, 1.807) is 0 Å². The second-order valence-electron chi connectivity index (χ2n) is 5.21. The topological polar surface area (TPSA) is 51.0 Å². The van der Waals surface area contributed by atoms with Crippen molar-refractivity contribution in [3.8, 4) is 11.6 Å². The molecule has 0 aromatic carbocycles. The van der Waals surface area contributed by atoms with Crippen molar-refractivity contribution < 1.29 is 4.42 Å². The summed E-state index contributed by atoms with van der Waals surface area (Å²) >= 11 is 5.71. The minimum atomic E-state index is 0.550. The fraction of sp³-hybridized carbons (Fsp3) is 0.467. The van der Waals surface area contributed by atoms with E-state index in [0.29, 0.717) is 22.2 Å². The van der Waals surface area contributed by atoms with Gasteiger partial charge in [-0.2, -0.15) is 0 Å². The van der Waals surface area contributed by atoms with Gasteiger partial charge in [0.05, 0.1) is 9.26 Å². The number of anilines is 1. The first-order valence-electron chi connectivity index (χ1n) is 7.26. The molecular weight excluding hydrogens is 445 g/mol. The molecule has 1 aliphatic rings. The fourth-order valence-electron chi connectivity index (χ4n) is 2.76. The van der Waals surface area contributed by atoms with Crippen molar-refractivity contribution in [2.24, 2.45) is 0 Å². The van der Waals surface area contributed by atoms with E-state index in [4.69, 9.17) is 9.40 Å². The maximum Gasteiger partial charge on any atom is 0.197 e. The second kappa shape index (κ2) is 6.64. The first kappa shape index (κ1) is 15.3. The van der Waals surface area contributed by atoms with Crippen LogP contribution in [0.2, 0.25) is 0 Å². The third kappa shape index (κ3) is 3.26. The summed E-state index contributed by atoms with van der Waals surface area (Å²) < 4.78 is 7.47. The van der Waals surface area contributed by atoms with Crippen LogP contribution in [0.3, 0.4) is 0 Å². The van der Waals surface area contributed by atoms with Gasteiger partial charge in [-0.05, 0) is 70.4 Å². The van der Waals surface area contributed by atoms with Gasteiger partial charge in [-0.1, -0.05) is 12.8 Å². The van der Waals surface area contributed by atoms with E-state index >= 15 is 0 Å². The van der Waals surface area contributed by atoms with Crippen molar-refractivity contribution in [1.82, 2.24) is 9.97 Å². The molecule has 2 aromatic heterocycles. The predicted molar refractivity (Wildman–Crippen MR) is 95.5 cm³/mol. The zero-order valence-corrected chi connectivity index (χ0v) is 15.6. The first-order valence-corrected chi connectivity index (χ1v) is 9.13. The van der Waals surface area contributed by atoms with Gasteiger partial charge in [-0.15, -0.1) is 0 Å². The quantitative estimate of drug-likeness (QED) is 0.636. The Morgan fingerprint density at radius 3 is 2.71 bits per heavy atom. The number of hydrogen-bond acceptors (Lipinski definition) is 4. The molecule has 0 saturated heterocycles. The van der Waals surface area contributed by atoms with Gasteiger partial charge in [-0.3, -0.25) is 0 Å². The molecule has 1 aliphatic carbocycles. The van der Waals surface area contributed by atoms with Gasteiger partial charge in [-0.25, -0.2) is 9.97 Å². The van der Waals surface area contributed by atoms with Crippen molar-refractivity contribution in [2.75, 3.05) is 11.9 Å². The Bertz CT molecular complexity index is 638. The Kier molecular flexibility index (Phi) is 4.83. The van der Waals surface area contributed by atoms with Gasteiger partial charge in [0.25, 0.3) is 0 Å². The summed E-state index contributed by atoms with van der Waals surface area (Å²) in [5, 5.41) is 3.34. The fourth-order valence-corrected chi connectivity index (χ4v) is 3.94. The first-order chi connectivity index (χ1) is 10.2. The van der Waals surface area contributed by atoms with Crippen molar-refractivity contribution in [1.29, 1.82) is 0 Å². The molecular formula is C15H17BrIN3O. The lowest BCUT2D eigenvalue weighted by Crippen LogP contribution is -2.10. The molecule has 0 aliphatic heterocycles. The highest BCUT2D eigenvalue weighted by molar-refractivity contribution is 14.1. The van der Waals surface area contributed by atoms with Crippen molar-refractivity contribution in [3.05, 3.63) is 26.1 Å².